The van der Waals surface area contributed by atoms with E-state index in [0.29, 0.717) is 13.1 Å². The summed E-state index contributed by atoms with van der Waals surface area (Å²) in [7, 11) is 0. The number of aliphatic hydroxyl groups excluding tert-OH is 1. The summed E-state index contributed by atoms with van der Waals surface area (Å²) >= 11 is 0. The van der Waals surface area contributed by atoms with Crippen molar-refractivity contribution >= 4 is 17.3 Å². The van der Waals surface area contributed by atoms with Gasteiger partial charge in [0.2, 0.25) is 5.91 Å². The van der Waals surface area contributed by atoms with Gasteiger partial charge >= 0.3 is 0 Å². The van der Waals surface area contributed by atoms with Gasteiger partial charge in [-0.3, -0.25) is 4.79 Å². The van der Waals surface area contributed by atoms with Gasteiger partial charge < -0.3 is 20.6 Å². The van der Waals surface area contributed by atoms with Crippen LogP contribution in [0.15, 0.2) is 24.3 Å². The molecule has 1 aromatic rings. The van der Waals surface area contributed by atoms with Crippen LogP contribution >= 0.6 is 0 Å². The molecule has 1 atom stereocenters. The summed E-state index contributed by atoms with van der Waals surface area (Å²) in [6.45, 7) is 5.11. The summed E-state index contributed by atoms with van der Waals surface area (Å²) in [6, 6.07) is 7.78. The van der Waals surface area contributed by atoms with E-state index in [1.54, 1.807) is 0 Å². The third-order valence-corrected chi connectivity index (χ3v) is 4.06. The molecule has 0 bridgehead atoms. The summed E-state index contributed by atoms with van der Waals surface area (Å²) in [4.78, 5) is 14.6. The van der Waals surface area contributed by atoms with Gasteiger partial charge in [0.15, 0.2) is 0 Å². The Balaban J connectivity index is 2.11. The van der Waals surface area contributed by atoms with Crippen LogP contribution < -0.4 is 10.6 Å². The second-order valence-corrected chi connectivity index (χ2v) is 5.35. The van der Waals surface area contributed by atoms with E-state index in [-0.39, 0.29) is 24.6 Å². The van der Waals surface area contributed by atoms with E-state index < -0.39 is 0 Å². The molecule has 0 aliphatic carbocycles. The first-order chi connectivity index (χ1) is 10.2. The molecule has 3 N–H and O–H groups in total. The number of amides is 1. The second kappa shape index (κ2) is 7.31. The van der Waals surface area contributed by atoms with Crippen LogP contribution in [0.25, 0.3) is 0 Å². The maximum atomic E-state index is 12.8. The number of nitrogens with zero attached hydrogens (tertiary/aromatic N) is 1. The third-order valence-electron chi connectivity index (χ3n) is 4.06. The van der Waals surface area contributed by atoms with Crippen LogP contribution in [-0.4, -0.2) is 47.7 Å². The number of carbonyl (C=O) groups is 1. The number of hydrogen-bond donors (Lipinski definition) is 3. The summed E-state index contributed by atoms with van der Waals surface area (Å²) in [5, 5.41) is 15.8. The fourth-order valence-corrected chi connectivity index (χ4v) is 2.87. The molecule has 1 aromatic carbocycles. The summed E-state index contributed by atoms with van der Waals surface area (Å²) in [6.07, 6.45) is 1.80. The van der Waals surface area contributed by atoms with E-state index >= 15 is 0 Å². The molecule has 1 heterocycles. The topological polar surface area (TPSA) is 64.6 Å². The van der Waals surface area contributed by atoms with Crippen LogP contribution in [0, 0.1) is 0 Å². The Bertz CT molecular complexity index is 474. The molecule has 1 unspecified atom stereocenters. The first kappa shape index (κ1) is 15.6. The van der Waals surface area contributed by atoms with Crippen molar-refractivity contribution in [2.75, 3.05) is 30.3 Å². The zero-order valence-electron chi connectivity index (χ0n) is 12.8. The highest BCUT2D eigenvalue weighted by Crippen LogP contribution is 2.26. The van der Waals surface area contributed by atoms with Crippen molar-refractivity contribution in [3.05, 3.63) is 24.3 Å². The molecule has 116 valence electrons. The minimum Gasteiger partial charge on any atom is -0.395 e. The Hall–Kier alpha value is -1.75. The molecule has 1 aliphatic heterocycles. The molecular formula is C16H25N3O2. The Labute approximate surface area is 126 Å². The Morgan fingerprint density at radius 3 is 2.62 bits per heavy atom. The van der Waals surface area contributed by atoms with Gasteiger partial charge in [-0.2, -0.15) is 0 Å². The van der Waals surface area contributed by atoms with Crippen LogP contribution in [0.2, 0.25) is 0 Å². The van der Waals surface area contributed by atoms with Gasteiger partial charge in [-0.05, 0) is 25.0 Å². The molecule has 5 nitrogen and oxygen atoms in total. The molecule has 1 amide bonds. The molecule has 1 aliphatic rings. The third kappa shape index (κ3) is 3.47. The predicted octanol–water partition coefficient (Wildman–Crippen LogP) is 1.90. The van der Waals surface area contributed by atoms with Crippen molar-refractivity contribution in [1.29, 1.82) is 0 Å². The Morgan fingerprint density at radius 2 is 2.00 bits per heavy atom. The highest BCUT2D eigenvalue weighted by molar-refractivity contribution is 5.89. The zero-order valence-corrected chi connectivity index (χ0v) is 12.8. The largest absolute Gasteiger partial charge is 0.395 e. The monoisotopic (exact) mass is 291 g/mol. The lowest BCUT2D eigenvalue weighted by atomic mass is 10.1. The first-order valence-electron chi connectivity index (χ1n) is 7.72. The average molecular weight is 291 g/mol. The number of benzene rings is 1. The molecule has 0 spiro atoms. The van der Waals surface area contributed by atoms with Crippen molar-refractivity contribution in [2.45, 2.75) is 38.8 Å². The molecule has 21 heavy (non-hydrogen) atoms. The summed E-state index contributed by atoms with van der Waals surface area (Å²) < 4.78 is 0. The minimum atomic E-state index is -0.285. The van der Waals surface area contributed by atoms with Gasteiger partial charge in [0.1, 0.15) is 6.04 Å². The number of fused-ring (bicyclic) bond motifs is 1. The lowest BCUT2D eigenvalue weighted by molar-refractivity contribution is -0.134. The SMILES string of the molecule is CCC(CC)N(CCO)C(=O)C1CNc2ccccc2N1. The smallest absolute Gasteiger partial charge is 0.247 e. The van der Waals surface area contributed by atoms with Crippen LogP contribution in [0.3, 0.4) is 0 Å². The molecule has 2 rings (SSSR count). The molecule has 0 aromatic heterocycles. The van der Waals surface area contributed by atoms with Gasteiger partial charge in [-0.25, -0.2) is 0 Å². The maximum Gasteiger partial charge on any atom is 0.247 e. The number of hydrogen-bond acceptors (Lipinski definition) is 4. The number of carbonyl (C=O) groups excluding carboxylic acids is 1. The highest BCUT2D eigenvalue weighted by atomic mass is 16.3. The number of aliphatic hydroxyl groups is 1. The van der Waals surface area contributed by atoms with Gasteiger partial charge in [-0.15, -0.1) is 0 Å². The standard InChI is InChI=1S/C16H25N3O2/c1-3-12(4-2)19(9-10-20)16(21)15-11-17-13-7-5-6-8-14(13)18-15/h5-8,12,15,17-18,20H,3-4,9-11H2,1-2H3. The quantitative estimate of drug-likeness (QED) is 0.749. The van der Waals surface area contributed by atoms with Crippen LogP contribution in [0.4, 0.5) is 11.4 Å². The number of anilines is 2. The van der Waals surface area contributed by atoms with E-state index in [1.807, 2.05) is 29.2 Å². The van der Waals surface area contributed by atoms with E-state index in [0.717, 1.165) is 24.2 Å². The minimum absolute atomic E-state index is 0.00102. The molecule has 0 fully saturated rings. The summed E-state index contributed by atoms with van der Waals surface area (Å²) in [5.74, 6) is 0.0553. The van der Waals surface area contributed by atoms with Crippen molar-refractivity contribution in [3.8, 4) is 0 Å². The van der Waals surface area contributed by atoms with Crippen LogP contribution in [0.5, 0.6) is 0 Å². The number of nitrogens with one attached hydrogen (secondary N) is 2. The number of rotatable bonds is 6. The fourth-order valence-electron chi connectivity index (χ4n) is 2.87. The molecule has 0 radical (unpaired) electrons. The van der Waals surface area contributed by atoms with Gasteiger partial charge in [-0.1, -0.05) is 26.0 Å². The fraction of sp³-hybridized carbons (Fsp3) is 0.562. The first-order valence-corrected chi connectivity index (χ1v) is 7.72. The van der Waals surface area contributed by atoms with E-state index in [1.165, 1.54) is 0 Å². The predicted molar refractivity (Wildman–Crippen MR) is 85.5 cm³/mol. The maximum absolute atomic E-state index is 12.8. The van der Waals surface area contributed by atoms with Gasteiger partial charge in [0.25, 0.3) is 0 Å². The molecule has 0 saturated carbocycles. The van der Waals surface area contributed by atoms with Crippen LogP contribution in [0.1, 0.15) is 26.7 Å². The number of para-hydroxylation sites is 2. The molecular weight excluding hydrogens is 266 g/mol. The van der Waals surface area contributed by atoms with Crippen molar-refractivity contribution < 1.29 is 9.90 Å². The average Bonchev–Trinajstić information content (AvgIpc) is 2.54. The van der Waals surface area contributed by atoms with Crippen molar-refractivity contribution in [1.82, 2.24) is 4.90 Å². The lowest BCUT2D eigenvalue weighted by Gasteiger charge is -2.36. The van der Waals surface area contributed by atoms with Crippen molar-refractivity contribution in [3.63, 3.8) is 0 Å². The van der Waals surface area contributed by atoms with Gasteiger partial charge in [0.05, 0.1) is 18.0 Å². The molecule has 0 saturated heterocycles. The normalized spacial score (nSPS) is 16.9. The molecule has 5 heteroatoms. The second-order valence-electron chi connectivity index (χ2n) is 5.35. The van der Waals surface area contributed by atoms with E-state index in [4.69, 9.17) is 0 Å². The highest BCUT2D eigenvalue weighted by Gasteiger charge is 2.30. The van der Waals surface area contributed by atoms with E-state index in [9.17, 15) is 9.90 Å². The summed E-state index contributed by atoms with van der Waals surface area (Å²) in [5.41, 5.74) is 1.98. The zero-order chi connectivity index (χ0) is 15.2. The van der Waals surface area contributed by atoms with Crippen molar-refractivity contribution in [2.24, 2.45) is 0 Å². The van der Waals surface area contributed by atoms with Crippen LogP contribution in [-0.2, 0) is 4.79 Å². The van der Waals surface area contributed by atoms with Gasteiger partial charge in [0, 0.05) is 19.1 Å². The Morgan fingerprint density at radius 1 is 1.33 bits per heavy atom. The van der Waals surface area contributed by atoms with E-state index in [2.05, 4.69) is 24.5 Å². The Kier molecular flexibility index (Phi) is 5.44. The lowest BCUT2D eigenvalue weighted by Crippen LogP contribution is -2.52.